The van der Waals surface area contributed by atoms with E-state index < -0.39 is 23.6 Å². The predicted molar refractivity (Wildman–Crippen MR) is 124 cm³/mol. The van der Waals surface area contributed by atoms with Crippen LogP contribution in [0.4, 0.5) is 4.79 Å². The molecule has 2 fully saturated rings. The summed E-state index contributed by atoms with van der Waals surface area (Å²) in [5, 5.41) is 14.9. The summed E-state index contributed by atoms with van der Waals surface area (Å²) in [4.78, 5) is 29.8. The third-order valence-corrected chi connectivity index (χ3v) is 6.46. The Hall–Kier alpha value is -3.15. The number of ether oxygens (including phenoxy) is 2. The number of nitrogens with one attached hydrogen (secondary N) is 1. The van der Waals surface area contributed by atoms with Gasteiger partial charge < -0.3 is 24.6 Å². The van der Waals surface area contributed by atoms with Gasteiger partial charge >= 0.3 is 6.09 Å². The van der Waals surface area contributed by atoms with Gasteiger partial charge in [-0.25, -0.2) is 4.79 Å². The molecular formula is C25H30N4O4. The second-order valence-electron chi connectivity index (χ2n) is 8.84. The summed E-state index contributed by atoms with van der Waals surface area (Å²) in [5.74, 6) is -0.434. The van der Waals surface area contributed by atoms with E-state index in [0.29, 0.717) is 39.1 Å². The van der Waals surface area contributed by atoms with E-state index in [1.807, 2.05) is 49.5 Å². The number of hydrogen-bond acceptors (Lipinski definition) is 6. The van der Waals surface area contributed by atoms with Crippen molar-refractivity contribution in [3.8, 4) is 6.07 Å². The van der Waals surface area contributed by atoms with Crippen molar-refractivity contribution in [2.24, 2.45) is 0 Å². The van der Waals surface area contributed by atoms with E-state index in [1.165, 1.54) is 0 Å². The van der Waals surface area contributed by atoms with Gasteiger partial charge in [0.2, 0.25) is 0 Å². The second kappa shape index (κ2) is 10.2. The maximum atomic E-state index is 13.3. The summed E-state index contributed by atoms with van der Waals surface area (Å²) in [6, 6.07) is 16.2. The Morgan fingerprint density at radius 1 is 1.12 bits per heavy atom. The van der Waals surface area contributed by atoms with E-state index in [1.54, 1.807) is 4.90 Å². The number of carbonyl (C=O) groups excluding carboxylic acids is 2. The summed E-state index contributed by atoms with van der Waals surface area (Å²) < 4.78 is 11.0. The van der Waals surface area contributed by atoms with Crippen molar-refractivity contribution in [1.82, 2.24) is 15.1 Å². The number of likely N-dealkylation sites (tertiary alicyclic amines) is 1. The molecule has 0 saturated carbocycles. The summed E-state index contributed by atoms with van der Waals surface area (Å²) in [6.45, 7) is 3.19. The smallest absolute Gasteiger partial charge is 0.410 e. The monoisotopic (exact) mass is 450 g/mol. The van der Waals surface area contributed by atoms with E-state index in [0.717, 1.165) is 29.4 Å². The normalized spacial score (nSPS) is 19.5. The van der Waals surface area contributed by atoms with E-state index in [-0.39, 0.29) is 6.42 Å². The molecule has 33 heavy (non-hydrogen) atoms. The third kappa shape index (κ3) is 5.62. The van der Waals surface area contributed by atoms with Gasteiger partial charge in [0.1, 0.15) is 5.54 Å². The molecule has 0 spiro atoms. The topological polar surface area (TPSA) is 94.9 Å². The molecule has 2 aliphatic heterocycles. The molecule has 1 N–H and O–H groups in total. The SMILES string of the molecule is CN1CCC(C#N)(NC(=O)[C@H](Cc2ccc3ccccc3c2)OC(=O)N2CCOCC2)CC1. The summed E-state index contributed by atoms with van der Waals surface area (Å²) in [6.07, 6.45) is -0.272. The fraction of sp³-hybridized carbons (Fsp3) is 0.480. The van der Waals surface area contributed by atoms with Gasteiger partial charge in [-0.15, -0.1) is 0 Å². The first-order valence-corrected chi connectivity index (χ1v) is 11.4. The number of rotatable bonds is 5. The fourth-order valence-electron chi connectivity index (χ4n) is 4.29. The summed E-state index contributed by atoms with van der Waals surface area (Å²) in [5.41, 5.74) is -0.0608. The molecule has 0 bridgehead atoms. The van der Waals surface area contributed by atoms with E-state index >= 15 is 0 Å². The van der Waals surface area contributed by atoms with Crippen molar-refractivity contribution >= 4 is 22.8 Å². The molecule has 8 nitrogen and oxygen atoms in total. The third-order valence-electron chi connectivity index (χ3n) is 6.46. The molecule has 2 aromatic carbocycles. The van der Waals surface area contributed by atoms with E-state index in [4.69, 9.17) is 9.47 Å². The molecule has 2 aromatic rings. The van der Waals surface area contributed by atoms with Crippen LogP contribution in [0.15, 0.2) is 42.5 Å². The van der Waals surface area contributed by atoms with Crippen molar-refractivity contribution in [3.63, 3.8) is 0 Å². The summed E-state index contributed by atoms with van der Waals surface area (Å²) in [7, 11) is 2.00. The highest BCUT2D eigenvalue weighted by Crippen LogP contribution is 2.23. The van der Waals surface area contributed by atoms with E-state index in [2.05, 4.69) is 16.3 Å². The van der Waals surface area contributed by atoms with Crippen LogP contribution in [0.2, 0.25) is 0 Å². The molecular weight excluding hydrogens is 420 g/mol. The lowest BCUT2D eigenvalue weighted by Crippen LogP contribution is -2.57. The lowest BCUT2D eigenvalue weighted by Gasteiger charge is -2.37. The molecule has 0 radical (unpaired) electrons. The molecule has 0 aromatic heterocycles. The maximum Gasteiger partial charge on any atom is 0.410 e. The van der Waals surface area contributed by atoms with Gasteiger partial charge in [0.05, 0.1) is 19.3 Å². The molecule has 0 unspecified atom stereocenters. The van der Waals surface area contributed by atoms with Gasteiger partial charge in [-0.3, -0.25) is 4.79 Å². The van der Waals surface area contributed by atoms with Crippen LogP contribution in [-0.2, 0) is 20.7 Å². The van der Waals surface area contributed by atoms with Crippen LogP contribution in [-0.4, -0.2) is 79.9 Å². The predicted octanol–water partition coefficient (Wildman–Crippen LogP) is 2.32. The van der Waals surface area contributed by atoms with Crippen molar-refractivity contribution in [2.45, 2.75) is 30.9 Å². The Morgan fingerprint density at radius 2 is 1.82 bits per heavy atom. The first-order chi connectivity index (χ1) is 16.0. The van der Waals surface area contributed by atoms with Gasteiger partial charge in [-0.1, -0.05) is 42.5 Å². The van der Waals surface area contributed by atoms with Gasteiger partial charge in [0.25, 0.3) is 5.91 Å². The van der Waals surface area contributed by atoms with Gasteiger partial charge in [-0.2, -0.15) is 5.26 Å². The number of benzene rings is 2. The average Bonchev–Trinajstić information content (AvgIpc) is 2.85. The molecule has 8 heteroatoms. The molecule has 2 saturated heterocycles. The van der Waals surface area contributed by atoms with Crippen molar-refractivity contribution < 1.29 is 19.1 Å². The Balaban J connectivity index is 1.53. The summed E-state index contributed by atoms with van der Waals surface area (Å²) >= 11 is 0. The zero-order valence-corrected chi connectivity index (χ0v) is 19.0. The van der Waals surface area contributed by atoms with Gasteiger partial charge in [0, 0.05) is 32.6 Å². The number of nitrogens with zero attached hydrogens (tertiary/aromatic N) is 3. The first-order valence-electron chi connectivity index (χ1n) is 11.4. The molecule has 2 amide bonds. The highest BCUT2D eigenvalue weighted by Gasteiger charge is 2.38. The van der Waals surface area contributed by atoms with E-state index in [9.17, 15) is 14.9 Å². The Bertz CT molecular complexity index is 1040. The minimum Gasteiger partial charge on any atom is -0.436 e. The Morgan fingerprint density at radius 3 is 2.52 bits per heavy atom. The number of carbonyl (C=O) groups is 2. The molecule has 2 heterocycles. The molecule has 0 aliphatic carbocycles. The standard InChI is InChI=1S/C25H30N4O4/c1-28-10-8-25(18-26,9-11-28)27-23(30)22(33-24(31)29-12-14-32-15-13-29)17-19-6-7-20-4-2-3-5-21(20)16-19/h2-7,16,22H,8-15,17H2,1H3,(H,27,30)/t22-/m0/s1. The Kier molecular flexibility index (Phi) is 7.11. The number of fused-ring (bicyclic) bond motifs is 1. The zero-order valence-electron chi connectivity index (χ0n) is 19.0. The quantitative estimate of drug-likeness (QED) is 0.751. The van der Waals surface area contributed by atoms with Crippen molar-refractivity contribution in [2.75, 3.05) is 46.4 Å². The van der Waals surface area contributed by atoms with Gasteiger partial charge in [0.15, 0.2) is 6.10 Å². The van der Waals surface area contributed by atoms with Gasteiger partial charge in [-0.05, 0) is 36.2 Å². The fourth-order valence-corrected chi connectivity index (χ4v) is 4.29. The number of amides is 2. The minimum atomic E-state index is -1.04. The highest BCUT2D eigenvalue weighted by molar-refractivity contribution is 5.86. The molecule has 1 atom stereocenters. The average molecular weight is 451 g/mol. The van der Waals surface area contributed by atoms with Crippen LogP contribution in [0, 0.1) is 11.3 Å². The molecule has 174 valence electrons. The van der Waals surface area contributed by atoms with Crippen LogP contribution in [0.5, 0.6) is 0 Å². The Labute approximate surface area is 194 Å². The zero-order chi connectivity index (χ0) is 23.3. The highest BCUT2D eigenvalue weighted by atomic mass is 16.6. The minimum absolute atomic E-state index is 0.230. The number of nitriles is 1. The maximum absolute atomic E-state index is 13.3. The van der Waals surface area contributed by atoms with Crippen LogP contribution in [0.3, 0.4) is 0 Å². The number of morpholine rings is 1. The second-order valence-corrected chi connectivity index (χ2v) is 8.84. The number of hydrogen-bond donors (Lipinski definition) is 1. The van der Waals surface area contributed by atoms with Crippen LogP contribution in [0.25, 0.3) is 10.8 Å². The van der Waals surface area contributed by atoms with Crippen molar-refractivity contribution in [3.05, 3.63) is 48.0 Å². The lowest BCUT2D eigenvalue weighted by molar-refractivity contribution is -0.132. The lowest BCUT2D eigenvalue weighted by atomic mass is 9.88. The number of piperidine rings is 1. The van der Waals surface area contributed by atoms with Crippen LogP contribution >= 0.6 is 0 Å². The first kappa shape index (κ1) is 23.0. The van der Waals surface area contributed by atoms with Crippen LogP contribution in [0.1, 0.15) is 18.4 Å². The van der Waals surface area contributed by atoms with Crippen LogP contribution < -0.4 is 5.32 Å². The molecule has 2 aliphatic rings. The molecule has 4 rings (SSSR count). The van der Waals surface area contributed by atoms with Crippen molar-refractivity contribution in [1.29, 1.82) is 5.26 Å². The largest absolute Gasteiger partial charge is 0.436 e.